The van der Waals surface area contributed by atoms with Crippen LogP contribution in [0.3, 0.4) is 0 Å². The Morgan fingerprint density at radius 1 is 1.00 bits per heavy atom. The van der Waals surface area contributed by atoms with Crippen molar-refractivity contribution in [2.75, 3.05) is 6.61 Å². The molecule has 0 aromatic heterocycles. The number of allylic oxidation sites excluding steroid dienone is 1. The third-order valence-corrected chi connectivity index (χ3v) is 11.2. The zero-order chi connectivity index (χ0) is 28.7. The first kappa shape index (κ1) is 28.7. The lowest BCUT2D eigenvalue weighted by Gasteiger charge is -2.58. The van der Waals surface area contributed by atoms with Crippen LogP contribution in [-0.2, 0) is 23.9 Å². The van der Waals surface area contributed by atoms with Gasteiger partial charge in [0.25, 0.3) is 0 Å². The van der Waals surface area contributed by atoms with Crippen molar-refractivity contribution in [2.24, 2.45) is 28.6 Å². The van der Waals surface area contributed by atoms with Gasteiger partial charge in [-0.3, -0.25) is 19.2 Å². The molecule has 7 heteroatoms. The van der Waals surface area contributed by atoms with Crippen molar-refractivity contribution in [3.8, 4) is 0 Å². The van der Waals surface area contributed by atoms with E-state index < -0.39 is 29.4 Å². The fourth-order valence-corrected chi connectivity index (χ4v) is 8.73. The van der Waals surface area contributed by atoms with E-state index in [-0.39, 0.29) is 41.9 Å². The van der Waals surface area contributed by atoms with E-state index in [0.29, 0.717) is 24.7 Å². The van der Waals surface area contributed by atoms with Crippen molar-refractivity contribution in [1.82, 2.24) is 5.32 Å². The van der Waals surface area contributed by atoms with Crippen LogP contribution < -0.4 is 5.32 Å². The second kappa shape index (κ2) is 10.9. The molecule has 0 saturated heterocycles. The minimum atomic E-state index is -1.52. The van der Waals surface area contributed by atoms with Crippen molar-refractivity contribution < 1.29 is 29.0 Å². The number of benzene rings is 1. The highest BCUT2D eigenvalue weighted by molar-refractivity contribution is 5.92. The van der Waals surface area contributed by atoms with Crippen LogP contribution in [0.25, 0.3) is 0 Å². The topological polar surface area (TPSA) is 110 Å². The molecule has 216 valence electrons. The van der Waals surface area contributed by atoms with Gasteiger partial charge in [-0.25, -0.2) is 0 Å². The van der Waals surface area contributed by atoms with E-state index in [1.54, 1.807) is 0 Å². The summed E-state index contributed by atoms with van der Waals surface area (Å²) in [5.41, 5.74) is 0.220. The maximum absolute atomic E-state index is 13.4. The predicted molar refractivity (Wildman–Crippen MR) is 150 cm³/mol. The van der Waals surface area contributed by atoms with Crippen molar-refractivity contribution in [1.29, 1.82) is 0 Å². The molecule has 3 saturated carbocycles. The first-order chi connectivity index (χ1) is 19.0. The summed E-state index contributed by atoms with van der Waals surface area (Å²) in [5.74, 6) is 0.0285. The summed E-state index contributed by atoms with van der Waals surface area (Å²) in [4.78, 5) is 50.2. The van der Waals surface area contributed by atoms with Gasteiger partial charge in [0.05, 0.1) is 12.5 Å². The maximum Gasteiger partial charge on any atom is 0.306 e. The molecular weight excluding hydrogens is 506 g/mol. The van der Waals surface area contributed by atoms with Gasteiger partial charge < -0.3 is 15.2 Å². The Kier molecular flexibility index (Phi) is 7.81. The van der Waals surface area contributed by atoms with Crippen LogP contribution in [0.4, 0.5) is 0 Å². The molecule has 0 unspecified atom stereocenters. The monoisotopic (exact) mass is 549 g/mol. The van der Waals surface area contributed by atoms with Crippen LogP contribution in [-0.4, -0.2) is 40.8 Å². The Bertz CT molecular complexity index is 1210. The first-order valence-corrected chi connectivity index (χ1v) is 15.0. The van der Waals surface area contributed by atoms with Crippen molar-refractivity contribution in [2.45, 2.75) is 96.6 Å². The Balaban J connectivity index is 1.15. The highest BCUT2D eigenvalue weighted by Crippen LogP contribution is 2.67. The van der Waals surface area contributed by atoms with E-state index in [4.69, 9.17) is 4.74 Å². The van der Waals surface area contributed by atoms with E-state index >= 15 is 0 Å². The van der Waals surface area contributed by atoms with Gasteiger partial charge in [-0.05, 0) is 86.7 Å². The number of rotatable bonds is 8. The molecule has 0 bridgehead atoms. The van der Waals surface area contributed by atoms with Gasteiger partial charge in [-0.15, -0.1) is 0 Å². The van der Waals surface area contributed by atoms with Crippen LogP contribution in [0, 0.1) is 28.6 Å². The quantitative estimate of drug-likeness (QED) is 0.441. The number of esters is 1. The second-order valence-corrected chi connectivity index (χ2v) is 13.1. The van der Waals surface area contributed by atoms with Gasteiger partial charge in [-0.2, -0.15) is 0 Å². The Morgan fingerprint density at radius 3 is 2.48 bits per heavy atom. The zero-order valence-electron chi connectivity index (χ0n) is 24.0. The van der Waals surface area contributed by atoms with E-state index in [1.807, 2.05) is 43.3 Å². The molecule has 0 radical (unpaired) electrons. The minimum Gasteiger partial charge on any atom is -0.458 e. The molecule has 1 amide bonds. The number of Topliss-reactive ketones (excluding diaryl/α,β-unsaturated/α-hetero) is 1. The molecule has 0 aliphatic heterocycles. The number of fused-ring (bicyclic) bond motifs is 5. The normalized spacial score (nSPS) is 35.5. The summed E-state index contributed by atoms with van der Waals surface area (Å²) in [7, 11) is 0. The van der Waals surface area contributed by atoms with Gasteiger partial charge in [0.15, 0.2) is 12.4 Å². The summed E-state index contributed by atoms with van der Waals surface area (Å²) in [6.07, 6.45) is 7.96. The molecule has 3 fully saturated rings. The summed E-state index contributed by atoms with van der Waals surface area (Å²) < 4.78 is 5.28. The molecule has 1 aromatic carbocycles. The molecule has 4 aliphatic rings. The van der Waals surface area contributed by atoms with Crippen molar-refractivity contribution >= 4 is 23.4 Å². The largest absolute Gasteiger partial charge is 0.458 e. The average molecular weight is 550 g/mol. The molecule has 0 spiro atoms. The van der Waals surface area contributed by atoms with Crippen LogP contribution in [0.15, 0.2) is 42.0 Å². The number of nitrogens with one attached hydrogen (secondary N) is 1. The van der Waals surface area contributed by atoms with Gasteiger partial charge in [-0.1, -0.05) is 49.8 Å². The van der Waals surface area contributed by atoms with Gasteiger partial charge in [0.1, 0.15) is 5.60 Å². The van der Waals surface area contributed by atoms with Gasteiger partial charge in [0.2, 0.25) is 11.7 Å². The van der Waals surface area contributed by atoms with E-state index in [9.17, 15) is 24.3 Å². The zero-order valence-corrected chi connectivity index (χ0v) is 24.0. The highest BCUT2D eigenvalue weighted by Gasteiger charge is 2.66. The standard InChI is InChI=1S/C33H43NO6/c1-21(22-7-5-4-6-8-22)34-29(37)11-12-30(38)40-20-28(36)33(39)18-15-27-25-10-9-23-19-24(35)13-16-31(23,2)26(25)14-17-32(27,33)3/h4-8,19,21,25-27,39H,9-18,20H2,1-3H3,(H,34,37)/t21-,25+,26+,27+,31-,32-,33-/m0/s1. The first-order valence-electron chi connectivity index (χ1n) is 15.0. The van der Waals surface area contributed by atoms with E-state index in [0.717, 1.165) is 44.1 Å². The number of amides is 1. The lowest BCUT2D eigenvalue weighted by atomic mass is 9.46. The lowest BCUT2D eigenvalue weighted by Crippen LogP contribution is -2.58. The fourth-order valence-electron chi connectivity index (χ4n) is 8.73. The van der Waals surface area contributed by atoms with Crippen LogP contribution in [0.1, 0.15) is 96.6 Å². The van der Waals surface area contributed by atoms with Crippen LogP contribution in [0.2, 0.25) is 0 Å². The number of carbonyl (C=O) groups is 4. The third-order valence-electron chi connectivity index (χ3n) is 11.2. The molecule has 0 heterocycles. The molecular formula is C33H43NO6. The van der Waals surface area contributed by atoms with Crippen LogP contribution in [0.5, 0.6) is 0 Å². The summed E-state index contributed by atoms with van der Waals surface area (Å²) in [5, 5.41) is 14.7. The smallest absolute Gasteiger partial charge is 0.306 e. The molecule has 40 heavy (non-hydrogen) atoms. The minimum absolute atomic E-state index is 0.0296. The number of ketones is 2. The number of carbonyl (C=O) groups excluding carboxylic acids is 4. The number of hydrogen-bond acceptors (Lipinski definition) is 6. The van der Waals surface area contributed by atoms with Gasteiger partial charge >= 0.3 is 5.97 Å². The summed E-state index contributed by atoms with van der Waals surface area (Å²) >= 11 is 0. The Labute approximate surface area is 237 Å². The fraction of sp³-hybridized carbons (Fsp3) is 0.636. The molecule has 7 nitrogen and oxygen atoms in total. The number of ether oxygens (including phenoxy) is 1. The molecule has 2 N–H and O–H groups in total. The molecule has 4 aliphatic carbocycles. The highest BCUT2D eigenvalue weighted by atomic mass is 16.5. The third kappa shape index (κ3) is 4.95. The molecule has 1 aromatic rings. The van der Waals surface area contributed by atoms with E-state index in [1.165, 1.54) is 5.57 Å². The summed E-state index contributed by atoms with van der Waals surface area (Å²) in [6.45, 7) is 5.78. The summed E-state index contributed by atoms with van der Waals surface area (Å²) in [6, 6.07) is 9.39. The molecule has 5 rings (SSSR count). The van der Waals surface area contributed by atoms with E-state index in [2.05, 4.69) is 19.2 Å². The predicted octanol–water partition coefficient (Wildman–Crippen LogP) is 5.02. The second-order valence-electron chi connectivity index (χ2n) is 13.1. The van der Waals surface area contributed by atoms with Crippen LogP contribution >= 0.6 is 0 Å². The molecule has 7 atom stereocenters. The Hall–Kier alpha value is -2.80. The maximum atomic E-state index is 13.4. The number of aliphatic hydroxyl groups is 1. The average Bonchev–Trinajstić information content (AvgIpc) is 3.22. The lowest BCUT2D eigenvalue weighted by molar-refractivity contribution is -0.170. The number of hydrogen-bond donors (Lipinski definition) is 2. The Morgan fingerprint density at radius 2 is 1.73 bits per heavy atom. The van der Waals surface area contributed by atoms with Crippen molar-refractivity contribution in [3.63, 3.8) is 0 Å². The van der Waals surface area contributed by atoms with Crippen molar-refractivity contribution in [3.05, 3.63) is 47.5 Å². The van der Waals surface area contributed by atoms with Gasteiger partial charge in [0, 0.05) is 18.3 Å². The SMILES string of the molecule is C[C@H](NC(=O)CCC(=O)OCC(=O)[C@@]1(O)CC[C@@H]2[C@@H]3CCC4=CC(=O)CC[C@]4(C)[C@@H]3CC[C@@]21C)c1ccccc1.